The van der Waals surface area contributed by atoms with E-state index in [9.17, 15) is 4.79 Å². The van der Waals surface area contributed by atoms with E-state index in [-0.39, 0.29) is 5.91 Å². The van der Waals surface area contributed by atoms with E-state index in [2.05, 4.69) is 31.3 Å². The molecule has 1 N–H and O–H groups in total. The maximum absolute atomic E-state index is 11.5. The zero-order valence-electron chi connectivity index (χ0n) is 9.85. The van der Waals surface area contributed by atoms with Crippen LogP contribution in [0, 0.1) is 13.8 Å². The number of amides is 1. The maximum Gasteiger partial charge on any atom is 0.224 e. The highest BCUT2D eigenvalue weighted by molar-refractivity contribution is 6.17. The topological polar surface area (TPSA) is 29.1 Å². The second-order valence-corrected chi connectivity index (χ2v) is 4.37. The van der Waals surface area contributed by atoms with Gasteiger partial charge in [-0.2, -0.15) is 0 Å². The van der Waals surface area contributed by atoms with Crippen molar-refractivity contribution >= 4 is 17.5 Å². The zero-order chi connectivity index (χ0) is 12.0. The highest BCUT2D eigenvalue weighted by Gasteiger charge is 2.03. The third-order valence-corrected chi connectivity index (χ3v) is 2.84. The summed E-state index contributed by atoms with van der Waals surface area (Å²) in [6.07, 6.45) is 1.27. The fourth-order valence-corrected chi connectivity index (χ4v) is 1.59. The summed E-state index contributed by atoms with van der Waals surface area (Å²) in [6.45, 7) is 4.79. The van der Waals surface area contributed by atoms with Crippen molar-refractivity contribution in [2.45, 2.75) is 26.7 Å². The Labute approximate surface area is 102 Å². The molecule has 1 aromatic rings. The Bertz CT molecular complexity index is 363. The highest BCUT2D eigenvalue weighted by Crippen LogP contribution is 2.10. The summed E-state index contributed by atoms with van der Waals surface area (Å²) in [7, 11) is 0. The molecule has 3 heteroatoms. The van der Waals surface area contributed by atoms with E-state index in [0.717, 1.165) is 12.0 Å². The molecular formula is C13H18ClNO. The van der Waals surface area contributed by atoms with Crippen LogP contribution in [0.3, 0.4) is 0 Å². The van der Waals surface area contributed by atoms with E-state index in [4.69, 9.17) is 11.6 Å². The minimum atomic E-state index is 0.0633. The van der Waals surface area contributed by atoms with E-state index >= 15 is 0 Å². The van der Waals surface area contributed by atoms with Crippen LogP contribution in [-0.2, 0) is 11.2 Å². The fourth-order valence-electron chi connectivity index (χ4n) is 1.46. The molecule has 0 aliphatic carbocycles. The molecule has 2 nitrogen and oxygen atoms in total. The number of benzene rings is 1. The molecule has 0 aliphatic heterocycles. The molecule has 1 amide bonds. The van der Waals surface area contributed by atoms with Crippen LogP contribution in [0.15, 0.2) is 18.2 Å². The van der Waals surface area contributed by atoms with Gasteiger partial charge in [0, 0.05) is 12.4 Å². The molecule has 88 valence electrons. The maximum atomic E-state index is 11.5. The Balaban J connectivity index is 2.46. The van der Waals surface area contributed by atoms with Crippen molar-refractivity contribution in [1.82, 2.24) is 5.32 Å². The first-order valence-electron chi connectivity index (χ1n) is 5.52. The van der Waals surface area contributed by atoms with Crippen LogP contribution in [0.25, 0.3) is 0 Å². The quantitative estimate of drug-likeness (QED) is 0.621. The van der Waals surface area contributed by atoms with Gasteiger partial charge >= 0.3 is 0 Å². The van der Waals surface area contributed by atoms with Crippen molar-refractivity contribution in [3.8, 4) is 0 Å². The van der Waals surface area contributed by atoms with E-state index in [0.29, 0.717) is 18.8 Å². The lowest BCUT2D eigenvalue weighted by atomic mass is 10.0. The average molecular weight is 240 g/mol. The Morgan fingerprint density at radius 2 is 2.06 bits per heavy atom. The number of alkyl halides is 1. The molecule has 0 heterocycles. The van der Waals surface area contributed by atoms with Crippen molar-refractivity contribution in [3.05, 3.63) is 34.9 Å². The summed E-state index contributed by atoms with van der Waals surface area (Å²) >= 11 is 5.53. The first-order valence-corrected chi connectivity index (χ1v) is 6.05. The standard InChI is InChI=1S/C13H18ClNO/c1-10-4-5-12(8-11(10)2)9-13(16)15-7-3-6-14/h4-5,8H,3,6-7,9H2,1-2H3,(H,15,16). The molecule has 0 fully saturated rings. The number of carbonyl (C=O) groups is 1. The van der Waals surface area contributed by atoms with Crippen molar-refractivity contribution in [2.75, 3.05) is 12.4 Å². The number of rotatable bonds is 5. The highest BCUT2D eigenvalue weighted by atomic mass is 35.5. The first-order chi connectivity index (χ1) is 7.63. The van der Waals surface area contributed by atoms with Crippen molar-refractivity contribution in [1.29, 1.82) is 0 Å². The number of aryl methyl sites for hydroxylation is 2. The second-order valence-electron chi connectivity index (χ2n) is 3.99. The van der Waals surface area contributed by atoms with Gasteiger partial charge in [0.1, 0.15) is 0 Å². The minimum Gasteiger partial charge on any atom is -0.356 e. The van der Waals surface area contributed by atoms with Gasteiger partial charge in [0.05, 0.1) is 6.42 Å². The zero-order valence-corrected chi connectivity index (χ0v) is 10.6. The predicted octanol–water partition coefficient (Wildman–Crippen LogP) is 2.59. The van der Waals surface area contributed by atoms with E-state index in [1.807, 2.05) is 6.07 Å². The molecule has 0 saturated heterocycles. The van der Waals surface area contributed by atoms with Crippen molar-refractivity contribution in [2.24, 2.45) is 0 Å². The Hall–Kier alpha value is -1.02. The molecule has 0 unspecified atom stereocenters. The van der Waals surface area contributed by atoms with Crippen LogP contribution in [-0.4, -0.2) is 18.3 Å². The van der Waals surface area contributed by atoms with Gasteiger partial charge in [-0.15, -0.1) is 11.6 Å². The Kier molecular flexibility index (Phi) is 5.33. The SMILES string of the molecule is Cc1ccc(CC(=O)NCCCCl)cc1C. The molecule has 0 aromatic heterocycles. The first kappa shape index (κ1) is 13.0. The normalized spacial score (nSPS) is 10.2. The third-order valence-electron chi connectivity index (χ3n) is 2.57. The molecule has 0 aliphatic rings. The molecule has 0 saturated carbocycles. The number of hydrogen-bond donors (Lipinski definition) is 1. The van der Waals surface area contributed by atoms with E-state index in [1.54, 1.807) is 0 Å². The molecule has 0 bridgehead atoms. The molecule has 0 atom stereocenters. The van der Waals surface area contributed by atoms with Crippen LogP contribution in [0.1, 0.15) is 23.1 Å². The lowest BCUT2D eigenvalue weighted by Gasteiger charge is -2.06. The summed E-state index contributed by atoms with van der Waals surface area (Å²) in [6, 6.07) is 6.12. The van der Waals surface area contributed by atoms with Gasteiger partial charge in [-0.3, -0.25) is 4.79 Å². The fraction of sp³-hybridized carbons (Fsp3) is 0.462. The van der Waals surface area contributed by atoms with Crippen LogP contribution in [0.4, 0.5) is 0 Å². The van der Waals surface area contributed by atoms with Crippen LogP contribution >= 0.6 is 11.6 Å². The van der Waals surface area contributed by atoms with Gasteiger partial charge in [-0.1, -0.05) is 18.2 Å². The third kappa shape index (κ3) is 4.23. The summed E-state index contributed by atoms with van der Waals surface area (Å²) in [5, 5.41) is 2.84. The number of carbonyl (C=O) groups excluding carboxylic acids is 1. The number of hydrogen-bond acceptors (Lipinski definition) is 1. The Morgan fingerprint density at radius 1 is 1.31 bits per heavy atom. The molecular weight excluding hydrogens is 222 g/mol. The molecule has 1 rings (SSSR count). The van der Waals surface area contributed by atoms with Gasteiger partial charge in [0.2, 0.25) is 5.91 Å². The van der Waals surface area contributed by atoms with Crippen LogP contribution in [0.5, 0.6) is 0 Å². The number of nitrogens with one attached hydrogen (secondary N) is 1. The minimum absolute atomic E-state index is 0.0633. The van der Waals surface area contributed by atoms with Gasteiger partial charge < -0.3 is 5.32 Å². The van der Waals surface area contributed by atoms with Gasteiger partial charge in [-0.25, -0.2) is 0 Å². The largest absolute Gasteiger partial charge is 0.356 e. The van der Waals surface area contributed by atoms with Crippen molar-refractivity contribution < 1.29 is 4.79 Å². The van der Waals surface area contributed by atoms with E-state index in [1.165, 1.54) is 11.1 Å². The second kappa shape index (κ2) is 6.54. The summed E-state index contributed by atoms with van der Waals surface area (Å²) < 4.78 is 0. The van der Waals surface area contributed by atoms with Gasteiger partial charge in [0.15, 0.2) is 0 Å². The predicted molar refractivity (Wildman–Crippen MR) is 68.0 cm³/mol. The van der Waals surface area contributed by atoms with Gasteiger partial charge in [-0.05, 0) is 37.0 Å². The van der Waals surface area contributed by atoms with Crippen LogP contribution in [0.2, 0.25) is 0 Å². The smallest absolute Gasteiger partial charge is 0.224 e. The lowest BCUT2D eigenvalue weighted by Crippen LogP contribution is -2.26. The summed E-state index contributed by atoms with van der Waals surface area (Å²) in [5.74, 6) is 0.651. The summed E-state index contributed by atoms with van der Waals surface area (Å²) in [5.41, 5.74) is 3.55. The summed E-state index contributed by atoms with van der Waals surface area (Å²) in [4.78, 5) is 11.5. The van der Waals surface area contributed by atoms with Gasteiger partial charge in [0.25, 0.3) is 0 Å². The van der Waals surface area contributed by atoms with Crippen molar-refractivity contribution in [3.63, 3.8) is 0 Å². The Morgan fingerprint density at radius 3 is 2.69 bits per heavy atom. The average Bonchev–Trinajstić information content (AvgIpc) is 2.24. The lowest BCUT2D eigenvalue weighted by molar-refractivity contribution is -0.120. The molecule has 0 spiro atoms. The van der Waals surface area contributed by atoms with Crippen LogP contribution < -0.4 is 5.32 Å². The molecule has 1 aromatic carbocycles. The molecule has 0 radical (unpaired) electrons. The van der Waals surface area contributed by atoms with E-state index < -0.39 is 0 Å². The molecule has 16 heavy (non-hydrogen) atoms. The monoisotopic (exact) mass is 239 g/mol. The number of halogens is 1.